The molecule has 25 heavy (non-hydrogen) atoms. The van der Waals surface area contributed by atoms with E-state index >= 15 is 0 Å². The van der Waals surface area contributed by atoms with Gasteiger partial charge >= 0.3 is 0 Å². The van der Waals surface area contributed by atoms with Crippen LogP contribution < -0.4 is 5.32 Å². The molecule has 0 spiro atoms. The molecular formula is C18H23FN4O2. The molecule has 0 unspecified atom stereocenters. The zero-order chi connectivity index (χ0) is 17.8. The second kappa shape index (κ2) is 7.76. The van der Waals surface area contributed by atoms with Crippen LogP contribution in [-0.2, 0) is 4.79 Å². The van der Waals surface area contributed by atoms with E-state index in [2.05, 4.69) is 27.2 Å². The lowest BCUT2D eigenvalue weighted by atomic mass is 10.1. The lowest BCUT2D eigenvalue weighted by Crippen LogP contribution is -2.49. The first-order valence-electron chi connectivity index (χ1n) is 8.46. The Morgan fingerprint density at radius 2 is 2.08 bits per heavy atom. The van der Waals surface area contributed by atoms with Crippen molar-refractivity contribution in [3.05, 3.63) is 47.4 Å². The monoisotopic (exact) mass is 346 g/mol. The van der Waals surface area contributed by atoms with Crippen molar-refractivity contribution >= 4 is 11.8 Å². The Hall–Kier alpha value is -2.25. The Kier molecular flexibility index (Phi) is 5.45. The number of carbonyl (C=O) groups is 1. The Bertz CT molecular complexity index is 725. The van der Waals surface area contributed by atoms with Crippen molar-refractivity contribution in [2.45, 2.75) is 19.9 Å². The van der Waals surface area contributed by atoms with Gasteiger partial charge in [-0.3, -0.25) is 19.9 Å². The number of hydrogen-bond donors (Lipinski definition) is 1. The molecule has 0 radical (unpaired) electrons. The van der Waals surface area contributed by atoms with Gasteiger partial charge in [-0.2, -0.15) is 0 Å². The van der Waals surface area contributed by atoms with Gasteiger partial charge < -0.3 is 4.52 Å². The fraction of sp³-hybridized carbons (Fsp3) is 0.444. The predicted molar refractivity (Wildman–Crippen MR) is 92.7 cm³/mol. The highest BCUT2D eigenvalue weighted by Gasteiger charge is 2.23. The molecule has 6 nitrogen and oxygen atoms in total. The van der Waals surface area contributed by atoms with Gasteiger partial charge in [0.05, 0.1) is 12.2 Å². The lowest BCUT2D eigenvalue weighted by Gasteiger charge is -2.37. The highest BCUT2D eigenvalue weighted by Crippen LogP contribution is 2.22. The van der Waals surface area contributed by atoms with E-state index in [1.807, 2.05) is 6.07 Å². The van der Waals surface area contributed by atoms with Gasteiger partial charge in [0.25, 0.3) is 0 Å². The maximum atomic E-state index is 13.4. The molecular weight excluding hydrogens is 323 g/mol. The number of piperazine rings is 1. The summed E-state index contributed by atoms with van der Waals surface area (Å²) in [7, 11) is 0. The minimum atomic E-state index is -0.206. The van der Waals surface area contributed by atoms with Gasteiger partial charge in [0, 0.05) is 38.3 Å². The standard InChI is InChI=1S/C18H23FN4O2/c1-13-10-18(25-21-13)20-17(24)12-22-6-8-23(9-7-22)14(2)15-4-3-5-16(19)11-15/h3-5,10-11,14H,6-9,12H2,1-2H3,(H,20,24)/t14-/m1/s1. The smallest absolute Gasteiger partial charge is 0.240 e. The van der Waals surface area contributed by atoms with E-state index in [4.69, 9.17) is 4.52 Å². The van der Waals surface area contributed by atoms with E-state index in [1.165, 1.54) is 6.07 Å². The quantitative estimate of drug-likeness (QED) is 0.901. The average Bonchev–Trinajstić information content (AvgIpc) is 2.99. The number of aryl methyl sites for hydroxylation is 1. The largest absolute Gasteiger partial charge is 0.338 e. The van der Waals surface area contributed by atoms with E-state index in [9.17, 15) is 9.18 Å². The molecule has 2 aromatic rings. The van der Waals surface area contributed by atoms with Gasteiger partial charge in [0.2, 0.25) is 11.8 Å². The Labute approximate surface area is 146 Å². The van der Waals surface area contributed by atoms with Crippen molar-refractivity contribution in [3.63, 3.8) is 0 Å². The molecule has 1 aromatic carbocycles. The lowest BCUT2D eigenvalue weighted by molar-refractivity contribution is -0.117. The van der Waals surface area contributed by atoms with Gasteiger partial charge in [0.15, 0.2) is 0 Å². The third kappa shape index (κ3) is 4.64. The highest BCUT2D eigenvalue weighted by molar-refractivity contribution is 5.90. The first-order valence-corrected chi connectivity index (χ1v) is 8.46. The highest BCUT2D eigenvalue weighted by atomic mass is 19.1. The van der Waals surface area contributed by atoms with Gasteiger partial charge in [-0.05, 0) is 31.5 Å². The molecule has 1 fully saturated rings. The molecule has 0 aliphatic carbocycles. The van der Waals surface area contributed by atoms with Crippen LogP contribution in [0.25, 0.3) is 0 Å². The van der Waals surface area contributed by atoms with Crippen LogP contribution in [0.4, 0.5) is 10.3 Å². The van der Waals surface area contributed by atoms with E-state index < -0.39 is 0 Å². The Morgan fingerprint density at radius 1 is 1.32 bits per heavy atom. The predicted octanol–water partition coefficient (Wildman–Crippen LogP) is 2.44. The first kappa shape index (κ1) is 17.6. The Balaban J connectivity index is 1.47. The molecule has 0 bridgehead atoms. The number of amides is 1. The number of rotatable bonds is 5. The number of anilines is 1. The van der Waals surface area contributed by atoms with Gasteiger partial charge in [-0.25, -0.2) is 4.39 Å². The summed E-state index contributed by atoms with van der Waals surface area (Å²) in [5.41, 5.74) is 1.71. The molecule has 3 rings (SSSR count). The summed E-state index contributed by atoms with van der Waals surface area (Å²) in [6.45, 7) is 7.48. The zero-order valence-corrected chi connectivity index (χ0v) is 14.5. The van der Waals surface area contributed by atoms with E-state index in [-0.39, 0.29) is 17.8 Å². The molecule has 134 valence electrons. The SMILES string of the molecule is Cc1cc(NC(=O)CN2CCN([C@H](C)c3cccc(F)c3)CC2)on1. The third-order valence-electron chi connectivity index (χ3n) is 4.54. The molecule has 1 amide bonds. The molecule has 1 N–H and O–H groups in total. The number of hydrogen-bond acceptors (Lipinski definition) is 5. The van der Waals surface area contributed by atoms with Crippen LogP contribution in [-0.4, -0.2) is 53.6 Å². The van der Waals surface area contributed by atoms with Crippen molar-refractivity contribution in [1.29, 1.82) is 0 Å². The van der Waals surface area contributed by atoms with Crippen LogP contribution in [0, 0.1) is 12.7 Å². The fourth-order valence-electron chi connectivity index (χ4n) is 3.09. The van der Waals surface area contributed by atoms with Gasteiger partial charge in [-0.15, -0.1) is 0 Å². The summed E-state index contributed by atoms with van der Waals surface area (Å²) >= 11 is 0. The Morgan fingerprint density at radius 3 is 2.72 bits per heavy atom. The van der Waals surface area contributed by atoms with Crippen LogP contribution in [0.15, 0.2) is 34.9 Å². The van der Waals surface area contributed by atoms with E-state index in [0.29, 0.717) is 12.4 Å². The van der Waals surface area contributed by atoms with Crippen molar-refractivity contribution < 1.29 is 13.7 Å². The molecule has 7 heteroatoms. The van der Waals surface area contributed by atoms with Crippen molar-refractivity contribution in [3.8, 4) is 0 Å². The van der Waals surface area contributed by atoms with E-state index in [1.54, 1.807) is 25.1 Å². The first-order chi connectivity index (χ1) is 12.0. The van der Waals surface area contributed by atoms with Crippen LogP contribution in [0.1, 0.15) is 24.2 Å². The number of carbonyl (C=O) groups excluding carboxylic acids is 1. The second-order valence-corrected chi connectivity index (χ2v) is 6.42. The average molecular weight is 346 g/mol. The molecule has 1 aliphatic rings. The fourth-order valence-corrected chi connectivity index (χ4v) is 3.09. The maximum absolute atomic E-state index is 13.4. The summed E-state index contributed by atoms with van der Waals surface area (Å²) in [6.07, 6.45) is 0. The summed E-state index contributed by atoms with van der Waals surface area (Å²) < 4.78 is 18.4. The molecule has 1 aliphatic heterocycles. The molecule has 0 saturated carbocycles. The van der Waals surface area contributed by atoms with Gasteiger partial charge in [0.1, 0.15) is 5.82 Å². The molecule has 1 atom stereocenters. The third-order valence-corrected chi connectivity index (χ3v) is 4.54. The molecule has 2 heterocycles. The van der Waals surface area contributed by atoms with Crippen molar-refractivity contribution in [1.82, 2.24) is 15.0 Å². The number of nitrogens with one attached hydrogen (secondary N) is 1. The van der Waals surface area contributed by atoms with Crippen molar-refractivity contribution in [2.24, 2.45) is 0 Å². The topological polar surface area (TPSA) is 61.6 Å². The number of aromatic nitrogens is 1. The second-order valence-electron chi connectivity index (χ2n) is 6.42. The number of halogens is 1. The zero-order valence-electron chi connectivity index (χ0n) is 14.5. The van der Waals surface area contributed by atoms with Crippen LogP contribution >= 0.6 is 0 Å². The minimum Gasteiger partial charge on any atom is -0.338 e. The maximum Gasteiger partial charge on any atom is 0.240 e. The normalized spacial score (nSPS) is 17.4. The van der Waals surface area contributed by atoms with Crippen LogP contribution in [0.5, 0.6) is 0 Å². The van der Waals surface area contributed by atoms with E-state index in [0.717, 1.165) is 37.4 Å². The molecule has 1 aromatic heterocycles. The molecule has 1 saturated heterocycles. The number of nitrogens with zero attached hydrogens (tertiary/aromatic N) is 3. The summed E-state index contributed by atoms with van der Waals surface area (Å²) in [6, 6.07) is 8.59. The minimum absolute atomic E-state index is 0.109. The van der Waals surface area contributed by atoms with Crippen LogP contribution in [0.3, 0.4) is 0 Å². The van der Waals surface area contributed by atoms with Crippen LogP contribution in [0.2, 0.25) is 0 Å². The summed E-state index contributed by atoms with van der Waals surface area (Å²) in [4.78, 5) is 16.5. The van der Waals surface area contributed by atoms with Gasteiger partial charge in [-0.1, -0.05) is 17.3 Å². The number of benzene rings is 1. The summed E-state index contributed by atoms with van der Waals surface area (Å²) in [5.74, 6) is 0.0611. The van der Waals surface area contributed by atoms with Crippen molar-refractivity contribution in [2.75, 3.05) is 38.0 Å². The summed E-state index contributed by atoms with van der Waals surface area (Å²) in [5, 5.41) is 6.46.